The molecule has 3 nitrogen and oxygen atoms in total. The summed E-state index contributed by atoms with van der Waals surface area (Å²) in [6, 6.07) is 13.7. The van der Waals surface area contributed by atoms with Gasteiger partial charge in [-0.15, -0.1) is 11.3 Å². The molecule has 0 unspecified atom stereocenters. The zero-order chi connectivity index (χ0) is 13.0. The lowest BCUT2D eigenvalue weighted by Gasteiger charge is -1.99. The number of thiophene rings is 1. The second-order valence-corrected chi connectivity index (χ2v) is 4.84. The Morgan fingerprint density at radius 2 is 1.83 bits per heavy atom. The van der Waals surface area contributed by atoms with Crippen LogP contribution >= 0.6 is 11.3 Å². The predicted molar refractivity (Wildman–Crippen MR) is 73.7 cm³/mol. The maximum Gasteiger partial charge on any atom is 0.292 e. The highest BCUT2D eigenvalue weighted by atomic mass is 32.1. The van der Waals surface area contributed by atoms with Gasteiger partial charge in [0.15, 0.2) is 0 Å². The Morgan fingerprint density at radius 3 is 2.50 bits per heavy atom. The summed E-state index contributed by atoms with van der Waals surface area (Å²) < 4.78 is 0. The zero-order valence-corrected chi connectivity index (χ0v) is 10.8. The molecular weight excluding hydrogens is 246 g/mol. The van der Waals surface area contributed by atoms with Gasteiger partial charge in [-0.25, -0.2) is 0 Å². The molecule has 1 aromatic heterocycles. The molecule has 1 heterocycles. The van der Waals surface area contributed by atoms with Crippen LogP contribution in [0.1, 0.15) is 13.3 Å². The highest BCUT2D eigenvalue weighted by Crippen LogP contribution is 2.31. The third kappa shape index (κ3) is 2.84. The number of anilines is 1. The van der Waals surface area contributed by atoms with Crippen LogP contribution in [0.5, 0.6) is 0 Å². The summed E-state index contributed by atoms with van der Waals surface area (Å²) in [5.74, 6) is -0.941. The van der Waals surface area contributed by atoms with Crippen molar-refractivity contribution >= 4 is 28.0 Å². The number of carbonyl (C=O) groups is 2. The van der Waals surface area contributed by atoms with E-state index in [9.17, 15) is 9.59 Å². The number of rotatable bonds is 4. The first-order valence-electron chi connectivity index (χ1n) is 5.70. The molecule has 1 aromatic carbocycles. The fraction of sp³-hybridized carbons (Fsp3) is 0.143. The van der Waals surface area contributed by atoms with Crippen LogP contribution in [0.25, 0.3) is 10.4 Å². The normalized spacial score (nSPS) is 10.1. The van der Waals surface area contributed by atoms with E-state index in [1.165, 1.54) is 11.3 Å². The van der Waals surface area contributed by atoms with Crippen molar-refractivity contribution in [3.05, 3.63) is 42.5 Å². The summed E-state index contributed by atoms with van der Waals surface area (Å²) in [5.41, 5.74) is 1.10. The van der Waals surface area contributed by atoms with Gasteiger partial charge >= 0.3 is 0 Å². The minimum absolute atomic E-state index is 0.225. The Labute approximate surface area is 109 Å². The van der Waals surface area contributed by atoms with Crippen molar-refractivity contribution in [2.24, 2.45) is 0 Å². The Kier molecular flexibility index (Phi) is 3.89. The smallest absolute Gasteiger partial charge is 0.292 e. The van der Waals surface area contributed by atoms with Crippen LogP contribution in [-0.2, 0) is 9.59 Å². The van der Waals surface area contributed by atoms with Gasteiger partial charge in [0.25, 0.3) is 5.91 Å². The van der Waals surface area contributed by atoms with Crippen LogP contribution in [-0.4, -0.2) is 11.7 Å². The van der Waals surface area contributed by atoms with E-state index in [2.05, 4.69) is 5.32 Å². The Morgan fingerprint density at radius 1 is 1.11 bits per heavy atom. The molecule has 0 saturated carbocycles. The fourth-order valence-electron chi connectivity index (χ4n) is 1.50. The number of hydrogen-bond acceptors (Lipinski definition) is 3. The maximum atomic E-state index is 11.4. The molecule has 18 heavy (non-hydrogen) atoms. The molecule has 1 amide bonds. The van der Waals surface area contributed by atoms with E-state index in [1.807, 2.05) is 42.5 Å². The standard InChI is InChI=1S/C14H13NO2S/c1-2-11(16)14(17)15-13-9-8-12(18-13)10-6-4-3-5-7-10/h3-9H,2H2,1H3,(H,15,17). The minimum Gasteiger partial charge on any atom is -0.311 e. The molecule has 0 saturated heterocycles. The molecule has 0 spiro atoms. The second kappa shape index (κ2) is 5.60. The van der Waals surface area contributed by atoms with Crippen molar-refractivity contribution in [3.8, 4) is 10.4 Å². The van der Waals surface area contributed by atoms with Gasteiger partial charge in [0, 0.05) is 11.3 Å². The first kappa shape index (κ1) is 12.5. The van der Waals surface area contributed by atoms with Gasteiger partial charge < -0.3 is 5.32 Å². The summed E-state index contributed by atoms with van der Waals surface area (Å²) in [6.07, 6.45) is 0.225. The van der Waals surface area contributed by atoms with E-state index in [0.717, 1.165) is 10.4 Å². The number of benzene rings is 1. The third-order valence-corrected chi connectivity index (χ3v) is 3.53. The molecule has 4 heteroatoms. The molecule has 2 rings (SSSR count). The Balaban J connectivity index is 2.12. The van der Waals surface area contributed by atoms with Gasteiger partial charge in [0.2, 0.25) is 5.78 Å². The molecule has 2 aromatic rings. The van der Waals surface area contributed by atoms with Crippen molar-refractivity contribution in [3.63, 3.8) is 0 Å². The van der Waals surface area contributed by atoms with Gasteiger partial charge in [0.05, 0.1) is 5.00 Å². The fourth-order valence-corrected chi connectivity index (χ4v) is 2.41. The van der Waals surface area contributed by atoms with E-state index in [4.69, 9.17) is 0 Å². The van der Waals surface area contributed by atoms with E-state index >= 15 is 0 Å². The lowest BCUT2D eigenvalue weighted by molar-refractivity contribution is -0.134. The number of ketones is 1. The average Bonchev–Trinajstić information content (AvgIpc) is 2.87. The molecule has 0 aliphatic rings. The summed E-state index contributed by atoms with van der Waals surface area (Å²) >= 11 is 1.46. The largest absolute Gasteiger partial charge is 0.311 e. The van der Waals surface area contributed by atoms with Crippen LogP contribution in [0, 0.1) is 0 Å². The minimum atomic E-state index is -0.543. The molecule has 0 bridgehead atoms. The van der Waals surface area contributed by atoms with Crippen LogP contribution in [0.2, 0.25) is 0 Å². The van der Waals surface area contributed by atoms with Gasteiger partial charge in [-0.3, -0.25) is 9.59 Å². The van der Waals surface area contributed by atoms with E-state index in [-0.39, 0.29) is 6.42 Å². The first-order chi connectivity index (χ1) is 8.70. The van der Waals surface area contributed by atoms with Crippen molar-refractivity contribution in [1.29, 1.82) is 0 Å². The number of amides is 1. The van der Waals surface area contributed by atoms with E-state index < -0.39 is 11.7 Å². The SMILES string of the molecule is CCC(=O)C(=O)Nc1ccc(-c2ccccc2)s1. The quantitative estimate of drug-likeness (QED) is 0.856. The summed E-state index contributed by atoms with van der Waals surface area (Å²) in [5, 5.41) is 3.31. The average molecular weight is 259 g/mol. The monoisotopic (exact) mass is 259 g/mol. The van der Waals surface area contributed by atoms with Crippen molar-refractivity contribution in [1.82, 2.24) is 0 Å². The number of Topliss-reactive ketones (excluding diaryl/α,β-unsaturated/α-hetero) is 1. The van der Waals surface area contributed by atoms with Gasteiger partial charge in [0.1, 0.15) is 0 Å². The number of carbonyl (C=O) groups excluding carboxylic acids is 2. The lowest BCUT2D eigenvalue weighted by Crippen LogP contribution is -2.20. The molecule has 0 atom stereocenters. The predicted octanol–water partition coefficient (Wildman–Crippen LogP) is 3.33. The molecule has 1 N–H and O–H groups in total. The third-order valence-electron chi connectivity index (χ3n) is 2.48. The number of nitrogens with one attached hydrogen (secondary N) is 1. The Bertz CT molecular complexity index is 560. The molecule has 92 valence electrons. The summed E-state index contributed by atoms with van der Waals surface area (Å²) in [6.45, 7) is 1.67. The van der Waals surface area contributed by atoms with Crippen LogP contribution < -0.4 is 5.32 Å². The van der Waals surface area contributed by atoms with E-state index in [1.54, 1.807) is 6.92 Å². The number of hydrogen-bond donors (Lipinski definition) is 1. The van der Waals surface area contributed by atoms with Crippen LogP contribution in [0.15, 0.2) is 42.5 Å². The second-order valence-electron chi connectivity index (χ2n) is 3.76. The maximum absolute atomic E-state index is 11.4. The first-order valence-corrected chi connectivity index (χ1v) is 6.52. The van der Waals surface area contributed by atoms with E-state index in [0.29, 0.717) is 5.00 Å². The Hall–Kier alpha value is -1.94. The van der Waals surface area contributed by atoms with Crippen molar-refractivity contribution < 1.29 is 9.59 Å². The van der Waals surface area contributed by atoms with Gasteiger partial charge in [-0.2, -0.15) is 0 Å². The molecule has 0 fully saturated rings. The highest BCUT2D eigenvalue weighted by molar-refractivity contribution is 7.19. The van der Waals surface area contributed by atoms with Gasteiger partial charge in [-0.1, -0.05) is 37.3 Å². The topological polar surface area (TPSA) is 46.2 Å². The molecule has 0 aliphatic heterocycles. The van der Waals surface area contributed by atoms with Crippen molar-refractivity contribution in [2.45, 2.75) is 13.3 Å². The molecular formula is C14H13NO2S. The van der Waals surface area contributed by atoms with Crippen molar-refractivity contribution in [2.75, 3.05) is 5.32 Å². The lowest BCUT2D eigenvalue weighted by atomic mass is 10.2. The molecule has 0 aliphatic carbocycles. The van der Waals surface area contributed by atoms with Crippen LogP contribution in [0.3, 0.4) is 0 Å². The summed E-state index contributed by atoms with van der Waals surface area (Å²) in [7, 11) is 0. The van der Waals surface area contributed by atoms with Crippen LogP contribution in [0.4, 0.5) is 5.00 Å². The highest BCUT2D eigenvalue weighted by Gasteiger charge is 2.12. The summed E-state index contributed by atoms with van der Waals surface area (Å²) in [4.78, 5) is 23.7. The zero-order valence-electron chi connectivity index (χ0n) is 9.97. The molecule has 0 radical (unpaired) electrons. The van der Waals surface area contributed by atoms with Gasteiger partial charge in [-0.05, 0) is 17.7 Å².